The summed E-state index contributed by atoms with van der Waals surface area (Å²) < 4.78 is 5.71. The number of nitrogens with two attached hydrogens (primary N) is 1. The van der Waals surface area contributed by atoms with Crippen molar-refractivity contribution in [2.24, 2.45) is 5.73 Å². The van der Waals surface area contributed by atoms with Crippen LogP contribution in [0.15, 0.2) is 0 Å². The van der Waals surface area contributed by atoms with Crippen molar-refractivity contribution in [3.05, 3.63) is 16.8 Å². The molecule has 0 atom stereocenters. The third kappa shape index (κ3) is 2.89. The van der Waals surface area contributed by atoms with Crippen molar-refractivity contribution in [3.63, 3.8) is 0 Å². The molecule has 0 aliphatic carbocycles. The highest BCUT2D eigenvalue weighted by Gasteiger charge is 2.17. The molecule has 0 spiro atoms. The molecule has 0 aromatic carbocycles. The molecule has 15 heavy (non-hydrogen) atoms. The van der Waals surface area contributed by atoms with E-state index < -0.39 is 0 Å². The number of aryl methyl sites for hydroxylation is 1. The second kappa shape index (κ2) is 4.14. The Balaban J connectivity index is 3.14. The van der Waals surface area contributed by atoms with Gasteiger partial charge in [0.05, 0.1) is 5.69 Å². The molecule has 0 bridgehead atoms. The summed E-state index contributed by atoms with van der Waals surface area (Å²) in [6, 6.07) is 0. The van der Waals surface area contributed by atoms with Gasteiger partial charge in [-0.15, -0.1) is 5.10 Å². The lowest BCUT2D eigenvalue weighted by Gasteiger charge is -2.22. The van der Waals surface area contributed by atoms with Crippen LogP contribution in [0.3, 0.4) is 0 Å². The van der Waals surface area contributed by atoms with Crippen LogP contribution in [-0.4, -0.2) is 15.8 Å². The smallest absolute Gasteiger partial charge is 0.238 e. The Labute approximate surface area is 90.8 Å². The van der Waals surface area contributed by atoms with Gasteiger partial charge in [-0.3, -0.25) is 0 Å². The molecule has 1 aromatic heterocycles. The van der Waals surface area contributed by atoms with Gasteiger partial charge < -0.3 is 10.5 Å². The zero-order chi connectivity index (χ0) is 11.6. The molecule has 1 aromatic rings. The van der Waals surface area contributed by atoms with E-state index >= 15 is 0 Å². The fraction of sp³-hybridized carbons (Fsp3) is 0.636. The minimum absolute atomic E-state index is 0.277. The van der Waals surface area contributed by atoms with Crippen LogP contribution in [0, 0.1) is 13.8 Å². The van der Waals surface area contributed by atoms with Crippen LogP contribution in [0.5, 0.6) is 5.88 Å². The van der Waals surface area contributed by atoms with Crippen LogP contribution in [0.4, 0.5) is 0 Å². The molecule has 2 N–H and O–H groups in total. The zero-order valence-corrected chi connectivity index (χ0v) is 10.1. The lowest BCUT2D eigenvalue weighted by atomic mass is 10.1. The first-order chi connectivity index (χ1) is 6.85. The molecule has 0 fully saturated rings. The molecular weight excluding hydrogens is 190 g/mol. The number of rotatable bonds is 2. The van der Waals surface area contributed by atoms with Crippen LogP contribution in [0.2, 0.25) is 0 Å². The molecule has 4 heteroatoms. The van der Waals surface area contributed by atoms with E-state index in [0.29, 0.717) is 12.4 Å². The van der Waals surface area contributed by atoms with Gasteiger partial charge in [0, 0.05) is 12.1 Å². The number of ether oxygens (including phenoxy) is 1. The molecule has 1 rings (SSSR count). The summed E-state index contributed by atoms with van der Waals surface area (Å²) in [5.41, 5.74) is 8.32. The fourth-order valence-corrected chi connectivity index (χ4v) is 1.25. The second-order valence-corrected chi connectivity index (χ2v) is 4.61. The summed E-state index contributed by atoms with van der Waals surface area (Å²) in [7, 11) is 0. The van der Waals surface area contributed by atoms with E-state index in [4.69, 9.17) is 10.5 Å². The average molecular weight is 209 g/mol. The molecule has 0 aliphatic rings. The maximum absolute atomic E-state index is 5.71. The first kappa shape index (κ1) is 11.9. The van der Waals surface area contributed by atoms with Crippen LogP contribution in [0.1, 0.15) is 37.6 Å². The monoisotopic (exact) mass is 209 g/mol. The highest BCUT2D eigenvalue weighted by molar-refractivity contribution is 5.35. The molecule has 0 aliphatic heterocycles. The van der Waals surface area contributed by atoms with Crippen LogP contribution in [-0.2, 0) is 6.54 Å². The van der Waals surface area contributed by atoms with E-state index in [1.807, 2.05) is 34.6 Å². The van der Waals surface area contributed by atoms with Gasteiger partial charge in [0.15, 0.2) is 0 Å². The Morgan fingerprint density at radius 2 is 1.80 bits per heavy atom. The summed E-state index contributed by atoms with van der Waals surface area (Å²) in [5, 5.41) is 8.08. The molecule has 0 saturated heterocycles. The maximum Gasteiger partial charge on any atom is 0.238 e. The number of hydrogen-bond donors (Lipinski definition) is 1. The van der Waals surface area contributed by atoms with Crippen molar-refractivity contribution >= 4 is 0 Å². The molecule has 0 saturated carbocycles. The normalized spacial score (nSPS) is 11.6. The molecular formula is C11H19N3O. The first-order valence-corrected chi connectivity index (χ1v) is 5.07. The largest absolute Gasteiger partial charge is 0.471 e. The van der Waals surface area contributed by atoms with Crippen LogP contribution in [0.25, 0.3) is 0 Å². The SMILES string of the molecule is Cc1nnc(OC(C)(C)C)c(CN)c1C. The topological polar surface area (TPSA) is 61.0 Å². The van der Waals surface area contributed by atoms with Gasteiger partial charge in [-0.25, -0.2) is 0 Å². The van der Waals surface area contributed by atoms with Crippen molar-refractivity contribution in [3.8, 4) is 5.88 Å². The maximum atomic E-state index is 5.71. The Morgan fingerprint density at radius 1 is 1.20 bits per heavy atom. The third-order valence-electron chi connectivity index (χ3n) is 2.15. The van der Waals surface area contributed by atoms with Crippen LogP contribution >= 0.6 is 0 Å². The van der Waals surface area contributed by atoms with Gasteiger partial charge >= 0.3 is 0 Å². The summed E-state index contributed by atoms with van der Waals surface area (Å²) >= 11 is 0. The number of nitrogens with zero attached hydrogens (tertiary/aromatic N) is 2. The van der Waals surface area contributed by atoms with Gasteiger partial charge in [-0.2, -0.15) is 5.10 Å². The number of aromatic nitrogens is 2. The van der Waals surface area contributed by atoms with E-state index in [-0.39, 0.29) is 5.60 Å². The fourth-order valence-electron chi connectivity index (χ4n) is 1.25. The van der Waals surface area contributed by atoms with Gasteiger partial charge in [0.25, 0.3) is 0 Å². The molecule has 0 amide bonds. The highest BCUT2D eigenvalue weighted by atomic mass is 16.5. The predicted octanol–water partition coefficient (Wildman–Crippen LogP) is 1.73. The van der Waals surface area contributed by atoms with E-state index in [0.717, 1.165) is 16.8 Å². The molecule has 4 nitrogen and oxygen atoms in total. The Hall–Kier alpha value is -1.16. The summed E-state index contributed by atoms with van der Waals surface area (Å²) in [5.74, 6) is 0.549. The Bertz CT molecular complexity index is 356. The standard InChI is InChI=1S/C11H19N3O/c1-7-8(2)13-14-10(9(7)6-12)15-11(3,4)5/h6,12H2,1-5H3. The Morgan fingerprint density at radius 3 is 2.27 bits per heavy atom. The summed E-state index contributed by atoms with van der Waals surface area (Å²) in [6.45, 7) is 10.3. The molecule has 1 heterocycles. The zero-order valence-electron chi connectivity index (χ0n) is 10.1. The van der Waals surface area contributed by atoms with Gasteiger partial charge in [0.2, 0.25) is 5.88 Å². The third-order valence-corrected chi connectivity index (χ3v) is 2.15. The van der Waals surface area contributed by atoms with Crippen LogP contribution < -0.4 is 10.5 Å². The predicted molar refractivity (Wildman–Crippen MR) is 59.8 cm³/mol. The second-order valence-electron chi connectivity index (χ2n) is 4.61. The lowest BCUT2D eigenvalue weighted by molar-refractivity contribution is 0.120. The highest BCUT2D eigenvalue weighted by Crippen LogP contribution is 2.23. The van der Waals surface area contributed by atoms with Gasteiger partial charge in [0.1, 0.15) is 5.60 Å². The minimum atomic E-state index is -0.277. The molecule has 84 valence electrons. The van der Waals surface area contributed by atoms with Gasteiger partial charge in [-0.1, -0.05) is 0 Å². The lowest BCUT2D eigenvalue weighted by Crippen LogP contribution is -2.25. The molecule has 0 unspecified atom stereocenters. The quantitative estimate of drug-likeness (QED) is 0.805. The van der Waals surface area contributed by atoms with Crippen molar-refractivity contribution in [2.75, 3.05) is 0 Å². The van der Waals surface area contributed by atoms with E-state index in [9.17, 15) is 0 Å². The minimum Gasteiger partial charge on any atom is -0.471 e. The van der Waals surface area contributed by atoms with Gasteiger partial charge in [-0.05, 0) is 40.2 Å². The first-order valence-electron chi connectivity index (χ1n) is 5.07. The summed E-state index contributed by atoms with van der Waals surface area (Å²) in [4.78, 5) is 0. The van der Waals surface area contributed by atoms with E-state index in [2.05, 4.69) is 10.2 Å². The van der Waals surface area contributed by atoms with Crippen molar-refractivity contribution < 1.29 is 4.74 Å². The molecule has 0 radical (unpaired) electrons. The Kier molecular flexibility index (Phi) is 3.29. The number of hydrogen-bond acceptors (Lipinski definition) is 4. The van der Waals surface area contributed by atoms with Crippen molar-refractivity contribution in [2.45, 2.75) is 46.8 Å². The van der Waals surface area contributed by atoms with Crippen molar-refractivity contribution in [1.29, 1.82) is 0 Å². The van der Waals surface area contributed by atoms with E-state index in [1.165, 1.54) is 0 Å². The average Bonchev–Trinajstić information content (AvgIpc) is 2.10. The van der Waals surface area contributed by atoms with Crippen molar-refractivity contribution in [1.82, 2.24) is 10.2 Å². The summed E-state index contributed by atoms with van der Waals surface area (Å²) in [6.07, 6.45) is 0. The van der Waals surface area contributed by atoms with E-state index in [1.54, 1.807) is 0 Å².